The Morgan fingerprint density at radius 1 is 1.11 bits per heavy atom. The Bertz CT molecular complexity index is 305. The molecule has 2 heterocycles. The van der Waals surface area contributed by atoms with Crippen molar-refractivity contribution < 1.29 is 19.0 Å². The van der Waals surface area contributed by atoms with Gasteiger partial charge < -0.3 is 19.1 Å². The van der Waals surface area contributed by atoms with Crippen LogP contribution < -0.4 is 0 Å². The predicted octanol–water partition coefficient (Wildman–Crippen LogP) is 1.02. The third kappa shape index (κ3) is 3.68. The Morgan fingerprint density at radius 3 is 2.42 bits per heavy atom. The molecule has 1 aliphatic carbocycles. The van der Waals surface area contributed by atoms with E-state index in [1.54, 1.807) is 0 Å². The minimum Gasteiger partial charge on any atom is -0.371 e. The molecule has 19 heavy (non-hydrogen) atoms. The van der Waals surface area contributed by atoms with E-state index < -0.39 is 0 Å². The molecule has 0 aromatic heterocycles. The summed E-state index contributed by atoms with van der Waals surface area (Å²) in [6, 6.07) is 0. The van der Waals surface area contributed by atoms with Gasteiger partial charge in [0.05, 0.1) is 19.8 Å². The van der Waals surface area contributed by atoms with Gasteiger partial charge in [-0.1, -0.05) is 0 Å². The van der Waals surface area contributed by atoms with Crippen molar-refractivity contribution >= 4 is 5.91 Å². The fraction of sp³-hybridized carbons (Fsp3) is 0.929. The van der Waals surface area contributed by atoms with E-state index in [2.05, 4.69) is 0 Å². The highest BCUT2D eigenvalue weighted by Crippen LogP contribution is 2.29. The maximum Gasteiger partial charge on any atom is 0.248 e. The van der Waals surface area contributed by atoms with E-state index in [0.29, 0.717) is 19.1 Å². The van der Waals surface area contributed by atoms with Crippen molar-refractivity contribution in [2.24, 2.45) is 11.8 Å². The molecule has 0 aromatic rings. The van der Waals surface area contributed by atoms with E-state index in [9.17, 15) is 4.79 Å². The number of piperidine rings is 1. The molecule has 3 rings (SSSR count). The van der Waals surface area contributed by atoms with Crippen LogP contribution in [-0.2, 0) is 19.0 Å². The van der Waals surface area contributed by atoms with Crippen LogP contribution in [0, 0.1) is 11.8 Å². The number of hydrogen-bond donors (Lipinski definition) is 0. The molecular formula is C14H23NO4. The Labute approximate surface area is 114 Å². The Balaban J connectivity index is 1.35. The fourth-order valence-corrected chi connectivity index (χ4v) is 2.76. The van der Waals surface area contributed by atoms with Crippen LogP contribution in [0.15, 0.2) is 0 Å². The second-order valence-corrected chi connectivity index (χ2v) is 5.79. The van der Waals surface area contributed by atoms with Crippen LogP contribution in [0.5, 0.6) is 0 Å². The zero-order valence-corrected chi connectivity index (χ0v) is 11.4. The summed E-state index contributed by atoms with van der Waals surface area (Å²) in [6.07, 6.45) is 4.43. The standard InChI is InChI=1S/C14H23NO4/c16-13(10-17-9-11-1-2-11)15-5-3-12(4-6-15)14-18-7-8-19-14/h11-12,14H,1-10H2. The molecule has 0 bridgehead atoms. The molecule has 1 amide bonds. The molecule has 2 aliphatic heterocycles. The number of carbonyl (C=O) groups is 1. The first-order valence-electron chi connectivity index (χ1n) is 7.41. The van der Waals surface area contributed by atoms with Gasteiger partial charge >= 0.3 is 0 Å². The van der Waals surface area contributed by atoms with Gasteiger partial charge in [0.15, 0.2) is 6.29 Å². The first kappa shape index (κ1) is 13.3. The zero-order chi connectivity index (χ0) is 13.1. The van der Waals surface area contributed by atoms with Gasteiger partial charge in [-0.3, -0.25) is 4.79 Å². The van der Waals surface area contributed by atoms with Crippen molar-refractivity contribution in [3.8, 4) is 0 Å². The Kier molecular flexibility index (Phi) is 4.35. The molecule has 3 aliphatic rings. The molecule has 1 saturated carbocycles. The first-order chi connectivity index (χ1) is 9.33. The number of carbonyl (C=O) groups excluding carboxylic acids is 1. The lowest BCUT2D eigenvalue weighted by molar-refractivity contribution is -0.141. The van der Waals surface area contributed by atoms with Gasteiger partial charge in [0.1, 0.15) is 6.61 Å². The average Bonchev–Trinajstić information content (AvgIpc) is 3.10. The largest absolute Gasteiger partial charge is 0.371 e. The van der Waals surface area contributed by atoms with Crippen molar-refractivity contribution in [3.05, 3.63) is 0 Å². The van der Waals surface area contributed by atoms with Crippen LogP contribution in [0.4, 0.5) is 0 Å². The predicted molar refractivity (Wildman–Crippen MR) is 68.5 cm³/mol. The summed E-state index contributed by atoms with van der Waals surface area (Å²) < 4.78 is 16.5. The first-order valence-corrected chi connectivity index (χ1v) is 7.41. The van der Waals surface area contributed by atoms with Gasteiger partial charge in [0, 0.05) is 19.0 Å². The van der Waals surface area contributed by atoms with Crippen molar-refractivity contribution in [2.75, 3.05) is 39.5 Å². The quantitative estimate of drug-likeness (QED) is 0.748. The van der Waals surface area contributed by atoms with E-state index in [4.69, 9.17) is 14.2 Å². The second kappa shape index (κ2) is 6.20. The third-order valence-corrected chi connectivity index (χ3v) is 4.20. The number of nitrogens with zero attached hydrogens (tertiary/aromatic N) is 1. The lowest BCUT2D eigenvalue weighted by atomic mass is 9.96. The van der Waals surface area contributed by atoms with Gasteiger partial charge in [-0.05, 0) is 31.6 Å². The maximum absolute atomic E-state index is 12.0. The minimum atomic E-state index is -0.0385. The molecule has 5 heteroatoms. The SMILES string of the molecule is O=C(COCC1CC1)N1CCC(C2OCCO2)CC1. The summed E-state index contributed by atoms with van der Waals surface area (Å²) in [7, 11) is 0. The van der Waals surface area contributed by atoms with Crippen LogP contribution in [-0.4, -0.2) is 56.6 Å². The van der Waals surface area contributed by atoms with Gasteiger partial charge in [-0.15, -0.1) is 0 Å². The lowest BCUT2D eigenvalue weighted by Gasteiger charge is -2.33. The van der Waals surface area contributed by atoms with Crippen LogP contribution in [0.1, 0.15) is 25.7 Å². The molecule has 108 valence electrons. The molecule has 2 saturated heterocycles. The number of amides is 1. The Hall–Kier alpha value is -0.650. The zero-order valence-electron chi connectivity index (χ0n) is 11.4. The van der Waals surface area contributed by atoms with Crippen molar-refractivity contribution in [2.45, 2.75) is 32.0 Å². The molecule has 0 atom stereocenters. The summed E-state index contributed by atoms with van der Waals surface area (Å²) in [5.41, 5.74) is 0. The summed E-state index contributed by atoms with van der Waals surface area (Å²) in [4.78, 5) is 13.9. The number of hydrogen-bond acceptors (Lipinski definition) is 4. The van der Waals surface area contributed by atoms with E-state index in [-0.39, 0.29) is 18.8 Å². The molecule has 0 spiro atoms. The van der Waals surface area contributed by atoms with E-state index in [0.717, 1.165) is 38.5 Å². The third-order valence-electron chi connectivity index (χ3n) is 4.20. The molecule has 0 N–H and O–H groups in total. The monoisotopic (exact) mass is 269 g/mol. The van der Waals surface area contributed by atoms with Gasteiger partial charge in [-0.2, -0.15) is 0 Å². The van der Waals surface area contributed by atoms with Crippen LogP contribution in [0.3, 0.4) is 0 Å². The van der Waals surface area contributed by atoms with E-state index >= 15 is 0 Å². The average molecular weight is 269 g/mol. The fourth-order valence-electron chi connectivity index (χ4n) is 2.76. The molecular weight excluding hydrogens is 246 g/mol. The highest BCUT2D eigenvalue weighted by molar-refractivity contribution is 5.77. The normalized spacial score (nSPS) is 26.0. The summed E-state index contributed by atoms with van der Waals surface area (Å²) >= 11 is 0. The molecule has 0 radical (unpaired) electrons. The number of likely N-dealkylation sites (tertiary alicyclic amines) is 1. The van der Waals surface area contributed by atoms with Crippen LogP contribution in [0.25, 0.3) is 0 Å². The van der Waals surface area contributed by atoms with Crippen molar-refractivity contribution in [1.29, 1.82) is 0 Å². The topological polar surface area (TPSA) is 48.0 Å². The van der Waals surface area contributed by atoms with Gasteiger partial charge in [0.2, 0.25) is 5.91 Å². The molecule has 5 nitrogen and oxygen atoms in total. The summed E-state index contributed by atoms with van der Waals surface area (Å²) in [5, 5.41) is 0. The van der Waals surface area contributed by atoms with Crippen LogP contribution in [0.2, 0.25) is 0 Å². The smallest absolute Gasteiger partial charge is 0.248 e. The number of ether oxygens (including phenoxy) is 3. The van der Waals surface area contributed by atoms with E-state index in [1.807, 2.05) is 4.90 Å². The molecule has 3 fully saturated rings. The van der Waals surface area contributed by atoms with Gasteiger partial charge in [0.25, 0.3) is 0 Å². The highest BCUT2D eigenvalue weighted by atomic mass is 16.7. The van der Waals surface area contributed by atoms with E-state index in [1.165, 1.54) is 12.8 Å². The van der Waals surface area contributed by atoms with Crippen molar-refractivity contribution in [1.82, 2.24) is 4.90 Å². The second-order valence-electron chi connectivity index (χ2n) is 5.79. The summed E-state index contributed by atoms with van der Waals surface area (Å²) in [5.74, 6) is 1.29. The maximum atomic E-state index is 12.0. The number of rotatable bonds is 5. The summed E-state index contributed by atoms with van der Waals surface area (Å²) in [6.45, 7) is 4.03. The van der Waals surface area contributed by atoms with Gasteiger partial charge in [-0.25, -0.2) is 0 Å². The lowest BCUT2D eigenvalue weighted by Crippen LogP contribution is -2.43. The minimum absolute atomic E-state index is 0.0385. The Morgan fingerprint density at radius 2 is 1.79 bits per heavy atom. The molecule has 0 aromatic carbocycles. The molecule has 0 unspecified atom stereocenters. The van der Waals surface area contributed by atoms with Crippen LogP contribution >= 0.6 is 0 Å². The van der Waals surface area contributed by atoms with Crippen molar-refractivity contribution in [3.63, 3.8) is 0 Å². The highest BCUT2D eigenvalue weighted by Gasteiger charge is 2.31.